The van der Waals surface area contributed by atoms with Crippen molar-refractivity contribution in [2.45, 2.75) is 25.7 Å². The first-order valence-electron chi connectivity index (χ1n) is 9.22. The summed E-state index contributed by atoms with van der Waals surface area (Å²) in [5, 5.41) is 28.3. The Morgan fingerprint density at radius 1 is 0.611 bits per heavy atom. The van der Waals surface area contributed by atoms with Crippen LogP contribution in [0.4, 0.5) is 11.4 Å². The van der Waals surface area contributed by atoms with Crippen LogP contribution >= 0.6 is 136 Å². The van der Waals surface area contributed by atoms with Gasteiger partial charge < -0.3 is 30.4 Å². The monoisotopic (exact) mass is 1210 g/mol. The van der Waals surface area contributed by atoms with Crippen molar-refractivity contribution < 1.29 is 88.5 Å². The van der Waals surface area contributed by atoms with Crippen molar-refractivity contribution in [1.29, 1.82) is 0 Å². The van der Waals surface area contributed by atoms with Crippen molar-refractivity contribution >= 4 is 171 Å². The standard InChI is InChI=1S/C20H14I6N2O6.2Na/c21-7-5-9(23)17(15(25)13(7)19(31)32)27-11(29)3-1-2-4-12(30)28-18-10(24)6-8(22)14(16(18)26)20(33)34;;/h5-6H,1-4H2,(H,27,29)(H,28,30)(H,31,32)(H,33,34);;/q;2*+1/p-2/i21+4,22+4,23+4,24+4,25+4,26+4;;. The molecule has 0 heterocycles. The molecule has 0 radical (unpaired) electrons. The van der Waals surface area contributed by atoms with Crippen LogP contribution in [0.5, 0.6) is 0 Å². The smallest absolute Gasteiger partial charge is 0.545 e. The van der Waals surface area contributed by atoms with E-state index < -0.39 is 11.9 Å². The number of aromatic carboxylic acids is 2. The van der Waals surface area contributed by atoms with Crippen LogP contribution in [0.3, 0.4) is 0 Å². The summed E-state index contributed by atoms with van der Waals surface area (Å²) >= 11 is 11.6. The van der Waals surface area contributed by atoms with Gasteiger partial charge in [0.05, 0.1) is 23.3 Å². The first-order chi connectivity index (χ1) is 15.8. The van der Waals surface area contributed by atoms with E-state index in [1.54, 1.807) is 12.1 Å². The number of carboxylic acid groups (broad SMARTS) is 2. The number of nitrogens with one attached hydrogen (secondary N) is 2. The predicted octanol–water partition coefficient (Wildman–Crippen LogP) is -1.81. The van der Waals surface area contributed by atoms with E-state index in [1.165, 1.54) is 0 Å². The summed E-state index contributed by atoms with van der Waals surface area (Å²) in [5.74, 6) is -3.20. The topological polar surface area (TPSA) is 138 Å². The summed E-state index contributed by atoms with van der Waals surface area (Å²) in [6.45, 7) is 0. The Kier molecular flexibility index (Phi) is 19.7. The molecule has 0 unspecified atom stereocenters. The second-order valence-electron chi connectivity index (χ2n) is 6.69. The number of hydrogen-bond donors (Lipinski definition) is 2. The third-order valence-corrected chi connectivity index (χ3v) is 9.90. The van der Waals surface area contributed by atoms with Gasteiger partial charge in [0.25, 0.3) is 0 Å². The Morgan fingerprint density at radius 3 is 1.19 bits per heavy atom. The largest absolute Gasteiger partial charge is 1.00 e. The molecule has 0 saturated carbocycles. The van der Waals surface area contributed by atoms with Gasteiger partial charge in [-0.25, -0.2) is 0 Å². The fourth-order valence-corrected chi connectivity index (χ4v) is 10.9. The number of hydrogen-bond acceptors (Lipinski definition) is 6. The number of benzene rings is 2. The Labute approximate surface area is 333 Å². The molecule has 0 spiro atoms. The maximum atomic E-state index is 12.4. The molecule has 2 aromatic carbocycles. The quantitative estimate of drug-likeness (QED) is 0.173. The molecule has 2 rings (SSSR count). The first-order valence-corrected chi connectivity index (χ1v) is 15.7. The Balaban J connectivity index is 0.00000612. The van der Waals surface area contributed by atoms with Crippen molar-refractivity contribution in [3.05, 3.63) is 44.7 Å². The minimum Gasteiger partial charge on any atom is -0.545 e. The van der Waals surface area contributed by atoms with E-state index in [-0.39, 0.29) is 94.9 Å². The van der Waals surface area contributed by atoms with Gasteiger partial charge in [-0.1, -0.05) is 0 Å². The molecule has 0 saturated heterocycles. The molecule has 0 atom stereocenters. The molecular weight excluding hydrogens is 1200 g/mol. The van der Waals surface area contributed by atoms with Crippen molar-refractivity contribution in [3.8, 4) is 0 Å². The van der Waals surface area contributed by atoms with E-state index in [4.69, 9.17) is 0 Å². The fraction of sp³-hybridized carbons (Fsp3) is 0.200. The number of carboxylic acids is 2. The van der Waals surface area contributed by atoms with Crippen LogP contribution < -0.4 is 80.0 Å². The Morgan fingerprint density at radius 2 is 0.917 bits per heavy atom. The van der Waals surface area contributed by atoms with Crippen LogP contribution in [-0.4, -0.2) is 23.8 Å². The molecule has 36 heavy (non-hydrogen) atoms. The third-order valence-electron chi connectivity index (χ3n) is 4.33. The van der Waals surface area contributed by atoms with Crippen LogP contribution in [0.15, 0.2) is 12.1 Å². The van der Waals surface area contributed by atoms with Crippen molar-refractivity contribution in [3.63, 3.8) is 0 Å². The average molecular weight is 1210 g/mol. The molecule has 0 fully saturated rings. The number of halogens is 6. The van der Waals surface area contributed by atoms with Gasteiger partial charge in [0.1, 0.15) is 0 Å². The molecule has 8 nitrogen and oxygen atoms in total. The minimum atomic E-state index is -1.31. The molecule has 0 aliphatic heterocycles. The predicted molar refractivity (Wildman–Crippen MR) is 174 cm³/mol. The summed E-state index contributed by atoms with van der Waals surface area (Å²) in [6.07, 6.45) is 1.18. The van der Waals surface area contributed by atoms with Crippen LogP contribution in [0.2, 0.25) is 0 Å². The second kappa shape index (κ2) is 18.3. The van der Waals surface area contributed by atoms with Gasteiger partial charge in [0, 0.05) is 45.4 Å². The van der Waals surface area contributed by atoms with Crippen LogP contribution in [-0.2, 0) is 9.59 Å². The number of carbonyl (C=O) groups excluding carboxylic acids is 4. The van der Waals surface area contributed by atoms with Gasteiger partial charge in [-0.3, -0.25) is 9.59 Å². The van der Waals surface area contributed by atoms with Gasteiger partial charge in [0.15, 0.2) is 0 Å². The molecule has 0 aliphatic carbocycles. The van der Waals surface area contributed by atoms with E-state index in [0.29, 0.717) is 45.6 Å². The van der Waals surface area contributed by atoms with Crippen molar-refractivity contribution in [1.82, 2.24) is 0 Å². The van der Waals surface area contributed by atoms with Gasteiger partial charge in [-0.05, 0) is 161 Å². The van der Waals surface area contributed by atoms with E-state index >= 15 is 0 Å². The molecule has 2 N–H and O–H groups in total. The summed E-state index contributed by atoms with van der Waals surface area (Å²) in [5.41, 5.74) is 0.927. The zero-order valence-corrected chi connectivity index (χ0v) is 35.6. The Bertz CT molecular complexity index is 1110. The average Bonchev–Trinajstić information content (AvgIpc) is 2.70. The number of rotatable bonds is 9. The zero-order chi connectivity index (χ0) is 25.7. The molecule has 2 amide bonds. The van der Waals surface area contributed by atoms with Crippen LogP contribution in [0, 0.1) is 21.4 Å². The first kappa shape index (κ1) is 38.7. The van der Waals surface area contributed by atoms with Crippen LogP contribution in [0.1, 0.15) is 46.4 Å². The van der Waals surface area contributed by atoms with Gasteiger partial charge in [-0.15, -0.1) is 0 Å². The number of anilines is 2. The molecule has 0 aromatic heterocycles. The molecule has 16 heteroatoms. The van der Waals surface area contributed by atoms with Crippen LogP contribution in [0.25, 0.3) is 0 Å². The maximum absolute atomic E-state index is 12.4. The van der Waals surface area contributed by atoms with Crippen molar-refractivity contribution in [2.75, 3.05) is 10.6 Å². The second-order valence-corrected chi connectivity index (χ2v) is 13.5. The van der Waals surface area contributed by atoms with Crippen molar-refractivity contribution in [2.24, 2.45) is 0 Å². The summed E-state index contributed by atoms with van der Waals surface area (Å²) in [7, 11) is 0. The SMILES string of the molecule is O=C(CCCCC(=O)Nc1c([131I])cc([131I])c(C(=O)[O-])c1[131I])Nc1c([131I])cc([131I])c(C(=O)[O-])c1[131I].[Na+].[Na+]. The van der Waals surface area contributed by atoms with E-state index in [0.717, 1.165) is 0 Å². The third kappa shape index (κ3) is 10.8. The van der Waals surface area contributed by atoms with Gasteiger partial charge in [0.2, 0.25) is 11.8 Å². The summed E-state index contributed by atoms with van der Waals surface area (Å²) in [6, 6.07) is 3.32. The number of carbonyl (C=O) groups is 4. The molecular formula is C20H12I6N2Na2O6. The summed E-state index contributed by atoms with van der Waals surface area (Å²) in [4.78, 5) is 47.6. The number of amides is 2. The fourth-order valence-electron chi connectivity index (χ4n) is 2.76. The van der Waals surface area contributed by atoms with E-state index in [1.807, 2.05) is 136 Å². The molecule has 0 bridgehead atoms. The normalized spacial score (nSPS) is 10.1. The summed E-state index contributed by atoms with van der Waals surface area (Å²) < 4.78 is 3.28. The molecule has 182 valence electrons. The molecule has 0 aliphatic rings. The Hall–Kier alpha value is 2.70. The van der Waals surface area contributed by atoms with E-state index in [9.17, 15) is 29.4 Å². The zero-order valence-electron chi connectivity index (χ0n) is 18.7. The van der Waals surface area contributed by atoms with Gasteiger partial charge in [-0.2, -0.15) is 0 Å². The van der Waals surface area contributed by atoms with Gasteiger partial charge >= 0.3 is 59.1 Å². The number of unbranched alkanes of at least 4 members (excludes halogenated alkanes) is 1. The maximum Gasteiger partial charge on any atom is 1.00 e. The van der Waals surface area contributed by atoms with E-state index in [2.05, 4.69) is 10.6 Å². The minimum absolute atomic E-state index is 0. The molecule has 2 aromatic rings.